The molecule has 1 unspecified atom stereocenters. The van der Waals surface area contributed by atoms with Gasteiger partial charge in [0.05, 0.1) is 0 Å². The summed E-state index contributed by atoms with van der Waals surface area (Å²) in [5.74, 6) is 0.771. The van der Waals surface area contributed by atoms with Gasteiger partial charge in [0.25, 0.3) is 0 Å². The predicted molar refractivity (Wildman–Crippen MR) is 60.1 cm³/mol. The highest BCUT2D eigenvalue weighted by molar-refractivity contribution is 6.38. The highest BCUT2D eigenvalue weighted by Crippen LogP contribution is 2.01. The van der Waals surface area contributed by atoms with E-state index in [0.29, 0.717) is 0 Å². The lowest BCUT2D eigenvalue weighted by Gasteiger charge is -2.14. The second-order valence-corrected chi connectivity index (χ2v) is 5.03. The van der Waals surface area contributed by atoms with Gasteiger partial charge in [-0.05, 0) is 19.0 Å². The number of allylic oxidation sites excluding steroid dienone is 1. The topological polar surface area (TPSA) is 3.24 Å². The van der Waals surface area contributed by atoms with E-state index in [4.69, 9.17) is 0 Å². The summed E-state index contributed by atoms with van der Waals surface area (Å²) in [6.07, 6.45) is 3.65. The Bertz CT molecular complexity index is 119. The van der Waals surface area contributed by atoms with E-state index in [2.05, 4.69) is 44.0 Å². The van der Waals surface area contributed by atoms with Gasteiger partial charge in [0.1, 0.15) is 9.68 Å². The molecule has 0 amide bonds. The largest absolute Gasteiger partial charge is 0.326 e. The predicted octanol–water partition coefficient (Wildman–Crippen LogP) is 1.97. The average Bonchev–Trinajstić information content (AvgIpc) is 2.12. The molecule has 0 spiro atoms. The lowest BCUT2D eigenvalue weighted by molar-refractivity contribution is 0.498. The van der Waals surface area contributed by atoms with Crippen LogP contribution in [0.1, 0.15) is 34.1 Å². The molecule has 0 saturated carbocycles. The van der Waals surface area contributed by atoms with Gasteiger partial charge >= 0.3 is 0 Å². The van der Waals surface area contributed by atoms with Crippen molar-refractivity contribution in [2.45, 2.75) is 34.1 Å². The van der Waals surface area contributed by atoms with Gasteiger partial charge in [-0.2, -0.15) is 0 Å². The zero-order chi connectivity index (χ0) is 9.40. The maximum absolute atomic E-state index is 2.55. The number of hydrogen-bond acceptors (Lipinski definition) is 1. The third kappa shape index (κ3) is 5.55. The summed E-state index contributed by atoms with van der Waals surface area (Å²) in [6, 6.07) is 0. The highest BCUT2D eigenvalue weighted by Gasteiger charge is 1.95. The molecule has 0 aromatic carbocycles. The molecule has 0 aliphatic carbocycles. The molecule has 0 N–H and O–H groups in total. The third-order valence-electron chi connectivity index (χ3n) is 2.37. The maximum Gasteiger partial charge on any atom is 0.119 e. The Morgan fingerprint density at radius 1 is 1.25 bits per heavy atom. The van der Waals surface area contributed by atoms with Crippen molar-refractivity contribution in [3.05, 3.63) is 11.8 Å². The van der Waals surface area contributed by atoms with Crippen molar-refractivity contribution in [3.8, 4) is 0 Å². The summed E-state index contributed by atoms with van der Waals surface area (Å²) in [5.41, 5.74) is 2.43. The molecule has 0 rings (SSSR count). The second-order valence-electron chi connectivity index (χ2n) is 3.30. The Morgan fingerprint density at radius 3 is 2.25 bits per heavy atom. The monoisotopic (exact) mass is 185 g/mol. The van der Waals surface area contributed by atoms with Gasteiger partial charge in [-0.15, -0.1) is 0 Å². The van der Waals surface area contributed by atoms with Crippen LogP contribution in [0.15, 0.2) is 11.8 Å². The molecule has 1 nitrogen and oxygen atoms in total. The molecule has 1 atom stereocenters. The molecular formula is C10H23NSi. The van der Waals surface area contributed by atoms with Crippen molar-refractivity contribution in [2.24, 2.45) is 5.92 Å². The van der Waals surface area contributed by atoms with Crippen LogP contribution in [0.5, 0.6) is 0 Å². The smallest absolute Gasteiger partial charge is 0.119 e. The third-order valence-corrected chi connectivity index (χ3v) is 4.26. The van der Waals surface area contributed by atoms with Crippen molar-refractivity contribution in [1.29, 1.82) is 0 Å². The molecule has 0 heterocycles. The van der Waals surface area contributed by atoms with Crippen LogP contribution in [0.3, 0.4) is 0 Å². The summed E-state index contributed by atoms with van der Waals surface area (Å²) < 4.78 is 2.55. The fourth-order valence-corrected chi connectivity index (χ4v) is 2.46. The molecule has 0 saturated heterocycles. The number of nitrogens with zero attached hydrogens (tertiary/aromatic N) is 1. The molecule has 12 heavy (non-hydrogen) atoms. The molecule has 0 aliphatic heterocycles. The van der Waals surface area contributed by atoms with E-state index in [1.54, 1.807) is 0 Å². The van der Waals surface area contributed by atoms with Gasteiger partial charge in [-0.1, -0.05) is 45.9 Å². The molecule has 2 heteroatoms. The van der Waals surface area contributed by atoms with Crippen LogP contribution < -0.4 is 0 Å². The summed E-state index contributed by atoms with van der Waals surface area (Å²) >= 11 is 0. The SMILES string of the molecule is CCC(C)C=C[SiH2]N(CC)CC. The minimum absolute atomic E-state index is 0.0741. The van der Waals surface area contributed by atoms with Crippen LogP contribution in [-0.4, -0.2) is 27.3 Å². The summed E-state index contributed by atoms with van der Waals surface area (Å²) in [5, 5.41) is 0. The van der Waals surface area contributed by atoms with Crippen molar-refractivity contribution in [2.75, 3.05) is 13.1 Å². The lowest BCUT2D eigenvalue weighted by atomic mass is 10.1. The number of rotatable bonds is 6. The maximum atomic E-state index is 2.55. The Morgan fingerprint density at radius 2 is 1.83 bits per heavy atom. The van der Waals surface area contributed by atoms with Gasteiger partial charge in [0.15, 0.2) is 0 Å². The van der Waals surface area contributed by atoms with Crippen molar-refractivity contribution < 1.29 is 0 Å². The molecule has 72 valence electrons. The molecule has 0 bridgehead atoms. The summed E-state index contributed by atoms with van der Waals surface area (Å²) in [4.78, 5) is 0. The quantitative estimate of drug-likeness (QED) is 0.572. The first kappa shape index (κ1) is 11.9. The Balaban J connectivity index is 3.57. The Kier molecular flexibility index (Phi) is 7.51. The first-order valence-corrected chi connectivity index (χ1v) is 6.58. The van der Waals surface area contributed by atoms with Gasteiger partial charge in [0, 0.05) is 0 Å². The first-order chi connectivity index (χ1) is 5.74. The van der Waals surface area contributed by atoms with Gasteiger partial charge < -0.3 is 4.57 Å². The fourth-order valence-electron chi connectivity index (χ4n) is 1.06. The minimum atomic E-state index is -0.0741. The van der Waals surface area contributed by atoms with Crippen molar-refractivity contribution >= 4 is 9.68 Å². The molecule has 0 aromatic rings. The van der Waals surface area contributed by atoms with Crippen molar-refractivity contribution in [1.82, 2.24) is 4.57 Å². The van der Waals surface area contributed by atoms with E-state index >= 15 is 0 Å². The first-order valence-electron chi connectivity index (χ1n) is 5.13. The van der Waals surface area contributed by atoms with Crippen LogP contribution in [0.2, 0.25) is 0 Å². The van der Waals surface area contributed by atoms with E-state index in [0.717, 1.165) is 5.92 Å². The highest BCUT2D eigenvalue weighted by atomic mass is 28.2. The fraction of sp³-hybridized carbons (Fsp3) is 0.800. The lowest BCUT2D eigenvalue weighted by Crippen LogP contribution is -2.25. The molecular weight excluding hydrogens is 162 g/mol. The Labute approximate surface area is 79.7 Å². The van der Waals surface area contributed by atoms with E-state index in [1.807, 2.05) is 0 Å². The zero-order valence-electron chi connectivity index (χ0n) is 9.01. The van der Waals surface area contributed by atoms with Crippen LogP contribution in [-0.2, 0) is 0 Å². The van der Waals surface area contributed by atoms with E-state index in [9.17, 15) is 0 Å². The van der Waals surface area contributed by atoms with Gasteiger partial charge in [0.2, 0.25) is 0 Å². The van der Waals surface area contributed by atoms with E-state index in [-0.39, 0.29) is 9.68 Å². The van der Waals surface area contributed by atoms with Crippen LogP contribution in [0, 0.1) is 5.92 Å². The number of hydrogen-bond donors (Lipinski definition) is 0. The van der Waals surface area contributed by atoms with E-state index < -0.39 is 0 Å². The average molecular weight is 185 g/mol. The minimum Gasteiger partial charge on any atom is -0.326 e. The normalized spacial score (nSPS) is 15.4. The second kappa shape index (κ2) is 7.56. The molecule has 0 fully saturated rings. The van der Waals surface area contributed by atoms with E-state index in [1.165, 1.54) is 19.5 Å². The molecule has 0 aliphatic rings. The Hall–Kier alpha value is -0.0831. The standard InChI is InChI=1S/C10H23NSi/c1-5-10(4)8-9-12-11(6-2)7-3/h8-10H,5-7,12H2,1-4H3. The molecule has 0 aromatic heterocycles. The van der Waals surface area contributed by atoms with Crippen molar-refractivity contribution in [3.63, 3.8) is 0 Å². The van der Waals surface area contributed by atoms with Crippen LogP contribution in [0.4, 0.5) is 0 Å². The van der Waals surface area contributed by atoms with Gasteiger partial charge in [-0.3, -0.25) is 0 Å². The zero-order valence-corrected chi connectivity index (χ0v) is 10.4. The summed E-state index contributed by atoms with van der Waals surface area (Å²) in [6.45, 7) is 11.4. The van der Waals surface area contributed by atoms with Gasteiger partial charge in [-0.25, -0.2) is 0 Å². The van der Waals surface area contributed by atoms with Crippen LogP contribution >= 0.6 is 0 Å². The van der Waals surface area contributed by atoms with Crippen LogP contribution in [0.25, 0.3) is 0 Å². The summed E-state index contributed by atoms with van der Waals surface area (Å²) in [7, 11) is -0.0741. The molecule has 0 radical (unpaired) electrons.